The van der Waals surface area contributed by atoms with E-state index in [1.807, 2.05) is 0 Å². The highest BCUT2D eigenvalue weighted by atomic mass is 33.1. The average molecular weight is 980 g/mol. The summed E-state index contributed by atoms with van der Waals surface area (Å²) >= 11 is 0. The average Bonchev–Trinajstić information content (AvgIpc) is 3.80. The second-order valence-electron chi connectivity index (χ2n) is 16.6. The Morgan fingerprint density at radius 2 is 1.42 bits per heavy atom. The Labute approximate surface area is 396 Å². The second-order valence-corrected chi connectivity index (χ2v) is 19.1. The van der Waals surface area contributed by atoms with Gasteiger partial charge in [0.25, 0.3) is 0 Å². The third-order valence-corrected chi connectivity index (χ3v) is 14.0. The summed E-state index contributed by atoms with van der Waals surface area (Å²) in [5.74, 6) is -9.33. The van der Waals surface area contributed by atoms with Crippen molar-refractivity contribution >= 4 is 80.7 Å². The number of rotatable bonds is 16. The molecule has 25 heteroatoms. The van der Waals surface area contributed by atoms with Crippen LogP contribution in [0.2, 0.25) is 0 Å². The molecule has 10 amide bonds. The highest BCUT2D eigenvalue weighted by molar-refractivity contribution is 8.76. The highest BCUT2D eigenvalue weighted by Gasteiger charge is 2.41. The van der Waals surface area contributed by atoms with Crippen LogP contribution in [0, 0.1) is 11.8 Å². The van der Waals surface area contributed by atoms with Crippen LogP contribution in [0.15, 0.2) is 24.3 Å². The van der Waals surface area contributed by atoms with Gasteiger partial charge in [0.1, 0.15) is 48.0 Å². The zero-order chi connectivity index (χ0) is 50.0. The summed E-state index contributed by atoms with van der Waals surface area (Å²) < 4.78 is 0. The Morgan fingerprint density at radius 1 is 0.806 bits per heavy atom. The van der Waals surface area contributed by atoms with Gasteiger partial charge in [0.05, 0.1) is 19.2 Å². The molecular weight excluding hydrogens is 915 g/mol. The number of nitrogens with zero attached hydrogens (tertiary/aromatic N) is 1. The first-order valence-corrected chi connectivity index (χ1v) is 24.6. The molecular formula is C42H65N11O12S2. The van der Waals surface area contributed by atoms with Gasteiger partial charge in [0.15, 0.2) is 0 Å². The molecule has 0 aliphatic carbocycles. The van der Waals surface area contributed by atoms with E-state index in [9.17, 15) is 58.2 Å². The van der Waals surface area contributed by atoms with Gasteiger partial charge in [-0.05, 0) is 48.8 Å². The van der Waals surface area contributed by atoms with Gasteiger partial charge >= 0.3 is 0 Å². The molecule has 67 heavy (non-hydrogen) atoms. The van der Waals surface area contributed by atoms with Crippen LogP contribution in [0.5, 0.6) is 5.75 Å². The summed E-state index contributed by atoms with van der Waals surface area (Å²) in [6.45, 7) is 5.57. The minimum atomic E-state index is -1.71. The molecule has 1 aromatic rings. The van der Waals surface area contributed by atoms with Crippen molar-refractivity contribution in [2.75, 3.05) is 31.2 Å². The summed E-state index contributed by atoms with van der Waals surface area (Å²) in [6, 6.07) is -4.77. The number of hydrogen-bond donors (Lipinski definition) is 12. The molecule has 1 aromatic carbocycles. The molecule has 0 saturated carbocycles. The van der Waals surface area contributed by atoms with E-state index in [-0.39, 0.29) is 43.1 Å². The first-order valence-electron chi connectivity index (χ1n) is 22.1. The Kier molecular flexibility index (Phi) is 22.6. The van der Waals surface area contributed by atoms with E-state index in [1.54, 1.807) is 39.8 Å². The number of carbonyl (C=O) groups is 10. The molecule has 2 saturated heterocycles. The number of phenols is 1. The van der Waals surface area contributed by atoms with E-state index in [4.69, 9.17) is 17.2 Å². The quantitative estimate of drug-likeness (QED) is 0.0716. The second kappa shape index (κ2) is 27.2. The molecule has 2 fully saturated rings. The summed E-state index contributed by atoms with van der Waals surface area (Å²) in [4.78, 5) is 135. The van der Waals surface area contributed by atoms with Crippen molar-refractivity contribution in [2.45, 2.75) is 121 Å². The van der Waals surface area contributed by atoms with Crippen molar-refractivity contribution < 1.29 is 58.2 Å². The Hall–Kier alpha value is -5.66. The van der Waals surface area contributed by atoms with Gasteiger partial charge in [-0.25, -0.2) is 0 Å². The van der Waals surface area contributed by atoms with Crippen molar-refractivity contribution in [3.8, 4) is 5.75 Å². The maximum atomic E-state index is 14.4. The molecule has 2 aliphatic heterocycles. The van der Waals surface area contributed by atoms with Crippen molar-refractivity contribution in [1.82, 2.24) is 42.1 Å². The molecule has 0 radical (unpaired) electrons. The molecule has 3 unspecified atom stereocenters. The van der Waals surface area contributed by atoms with Crippen LogP contribution in [0.4, 0.5) is 0 Å². The number of aliphatic hydroxyl groups is 1. The van der Waals surface area contributed by atoms with Gasteiger partial charge in [-0.2, -0.15) is 0 Å². The lowest BCUT2D eigenvalue weighted by Gasteiger charge is -2.31. The lowest BCUT2D eigenvalue weighted by molar-refractivity contribution is -0.142. The molecule has 0 aromatic heterocycles. The number of nitrogens with one attached hydrogen (secondary N) is 7. The molecule has 10 atom stereocenters. The fourth-order valence-electron chi connectivity index (χ4n) is 7.09. The normalized spacial score (nSPS) is 25.1. The first kappa shape index (κ1) is 55.7. The largest absolute Gasteiger partial charge is 0.508 e. The molecule has 0 spiro atoms. The minimum absolute atomic E-state index is 0.0381. The van der Waals surface area contributed by atoms with Crippen LogP contribution >= 0.6 is 21.6 Å². The topological polar surface area (TPSA) is 377 Å². The van der Waals surface area contributed by atoms with Crippen LogP contribution in [-0.4, -0.2) is 154 Å². The van der Waals surface area contributed by atoms with Gasteiger partial charge < -0.3 is 69.5 Å². The van der Waals surface area contributed by atoms with Gasteiger partial charge in [0.2, 0.25) is 59.1 Å². The molecule has 23 nitrogen and oxygen atoms in total. The number of nitrogens with two attached hydrogens (primary N) is 3. The Bertz CT molecular complexity index is 1950. The highest BCUT2D eigenvalue weighted by Crippen LogP contribution is 2.26. The maximum Gasteiger partial charge on any atom is 0.246 e. The van der Waals surface area contributed by atoms with Gasteiger partial charge in [-0.3, -0.25) is 47.9 Å². The number of aromatic hydroxyl groups is 1. The predicted molar refractivity (Wildman–Crippen MR) is 248 cm³/mol. The van der Waals surface area contributed by atoms with Crippen LogP contribution in [0.3, 0.4) is 0 Å². The minimum Gasteiger partial charge on any atom is -0.508 e. The predicted octanol–water partition coefficient (Wildman–Crippen LogP) is -3.49. The van der Waals surface area contributed by atoms with Crippen LogP contribution in [0.1, 0.15) is 71.8 Å². The summed E-state index contributed by atoms with van der Waals surface area (Å²) in [5.41, 5.74) is 17.4. The van der Waals surface area contributed by atoms with Gasteiger partial charge in [-0.1, -0.05) is 74.3 Å². The van der Waals surface area contributed by atoms with Crippen molar-refractivity contribution in [3.05, 3.63) is 29.8 Å². The zero-order valence-electron chi connectivity index (χ0n) is 38.0. The van der Waals surface area contributed by atoms with E-state index in [1.165, 1.54) is 17.0 Å². The van der Waals surface area contributed by atoms with Gasteiger partial charge in [-0.15, -0.1) is 0 Å². The van der Waals surface area contributed by atoms with Crippen molar-refractivity contribution in [1.29, 1.82) is 0 Å². The summed E-state index contributed by atoms with van der Waals surface area (Å²) in [6.07, 6.45) is 0.534. The number of primary amides is 2. The monoisotopic (exact) mass is 979 g/mol. The number of amides is 10. The third-order valence-electron chi connectivity index (χ3n) is 11.5. The molecule has 0 bridgehead atoms. The molecule has 15 N–H and O–H groups in total. The lowest BCUT2D eigenvalue weighted by atomic mass is 9.96. The molecule has 2 aliphatic rings. The molecule has 2 heterocycles. The van der Waals surface area contributed by atoms with Crippen LogP contribution < -0.4 is 54.4 Å². The van der Waals surface area contributed by atoms with E-state index < -0.39 is 139 Å². The number of aliphatic hydroxyl groups excluding tert-OH is 1. The lowest BCUT2D eigenvalue weighted by Crippen LogP contribution is -2.62. The van der Waals surface area contributed by atoms with E-state index >= 15 is 0 Å². The van der Waals surface area contributed by atoms with Crippen molar-refractivity contribution in [2.24, 2.45) is 29.0 Å². The smallest absolute Gasteiger partial charge is 0.246 e. The van der Waals surface area contributed by atoms with E-state index in [0.717, 1.165) is 21.6 Å². The number of benzene rings is 1. The van der Waals surface area contributed by atoms with Crippen molar-refractivity contribution in [3.63, 3.8) is 0 Å². The number of hydrogen-bond acceptors (Lipinski definition) is 15. The first-order chi connectivity index (χ1) is 31.7. The third kappa shape index (κ3) is 17.2. The van der Waals surface area contributed by atoms with Gasteiger partial charge in [0, 0.05) is 30.9 Å². The summed E-state index contributed by atoms with van der Waals surface area (Å²) in [7, 11) is 2.09. The maximum absolute atomic E-state index is 14.4. The summed E-state index contributed by atoms with van der Waals surface area (Å²) in [5, 5.41) is 38.1. The number of phenolic OH excluding ortho intramolecular Hbond substituents is 1. The fraction of sp³-hybridized carbons (Fsp3) is 0.619. The standard InChI is InChI=1S/C42H65N11O12S2/c1-5-21(3)33(40(63)46-17-32(45)57)52-39(62)30-8-7-15-53(30)42(65)29-20-67-66-19-25(43)35(58)48-27(16-23-9-11-24(55)12-10-23)37(60)51-34(22(4)6-2)41(64)47-26(13-14-31(44)56)36(59)49-28(18-54)38(61)50-29/h9-12,21-22,25-30,33-34,54-55H,5-8,13-20,43H2,1-4H3,(H2,44,56)(H2,45,57)(H,46,63)(H,47,64)(H,48,58)(H,49,59)(H,50,61)(H,51,60)(H,52,62)/t21-,22-,25-,26-,27?,28?,29?,30-,33-,34-/m0/s1. The molecule has 3 rings (SSSR count). The Balaban J connectivity index is 2.00. The number of likely N-dealkylation sites (tertiary alicyclic amines) is 1. The van der Waals surface area contributed by atoms with Crippen LogP contribution in [-0.2, 0) is 54.4 Å². The van der Waals surface area contributed by atoms with E-state index in [2.05, 4.69) is 37.2 Å². The van der Waals surface area contributed by atoms with E-state index in [0.29, 0.717) is 24.8 Å². The number of carbonyl (C=O) groups excluding carboxylic acids is 10. The zero-order valence-corrected chi connectivity index (χ0v) is 39.7. The molecule has 372 valence electrons. The van der Waals surface area contributed by atoms with Crippen LogP contribution in [0.25, 0.3) is 0 Å². The Morgan fingerprint density at radius 3 is 2.03 bits per heavy atom. The SMILES string of the molecule is CC[C@H](C)[C@@H]1NC(=O)C(Cc2ccc(O)cc2)NC(=O)[C@@H](N)CSSCC(C(=O)N2CCC[C@H]2C(=O)N[C@H](C(=O)NCC(N)=O)[C@@H](C)CC)NC(=O)C(CO)NC(=O)[C@H](CCC(N)=O)NC1=O. The fourth-order valence-corrected chi connectivity index (χ4v) is 9.37.